The Morgan fingerprint density at radius 3 is 2.83 bits per heavy atom. The van der Waals surface area contributed by atoms with Gasteiger partial charge in [0.2, 0.25) is 0 Å². The Labute approximate surface area is 121 Å². The van der Waals surface area contributed by atoms with Crippen molar-refractivity contribution in [2.45, 2.75) is 12.5 Å². The first-order valence-corrected chi connectivity index (χ1v) is 7.07. The number of halogens is 2. The molecule has 1 fully saturated rings. The molecule has 3 nitrogen and oxygen atoms in total. The van der Waals surface area contributed by atoms with Gasteiger partial charge in [-0.05, 0) is 54.6 Å². The van der Waals surface area contributed by atoms with E-state index in [1.165, 1.54) is 0 Å². The summed E-state index contributed by atoms with van der Waals surface area (Å²) in [7, 11) is 4.10. The largest absolute Gasteiger partial charge is 0.337 e. The van der Waals surface area contributed by atoms with Crippen molar-refractivity contribution < 1.29 is 4.79 Å². The van der Waals surface area contributed by atoms with Crippen LogP contribution < -0.4 is 0 Å². The molecule has 1 aromatic rings. The Morgan fingerprint density at radius 2 is 2.22 bits per heavy atom. The molecule has 1 aliphatic heterocycles. The second-order valence-electron chi connectivity index (χ2n) is 4.78. The topological polar surface area (TPSA) is 23.6 Å². The molecule has 0 N–H and O–H groups in total. The van der Waals surface area contributed by atoms with Gasteiger partial charge < -0.3 is 9.80 Å². The molecule has 5 heteroatoms. The van der Waals surface area contributed by atoms with E-state index in [0.717, 1.165) is 24.0 Å². The number of nitrogens with zero attached hydrogens (tertiary/aromatic N) is 2. The van der Waals surface area contributed by atoms with Crippen molar-refractivity contribution in [3.63, 3.8) is 0 Å². The highest BCUT2D eigenvalue weighted by Crippen LogP contribution is 2.24. The molecule has 1 saturated heterocycles. The van der Waals surface area contributed by atoms with Gasteiger partial charge in [0.1, 0.15) is 0 Å². The van der Waals surface area contributed by atoms with E-state index in [1.54, 1.807) is 12.1 Å². The maximum absolute atomic E-state index is 12.4. The molecule has 1 aromatic carbocycles. The first kappa shape index (κ1) is 13.8. The van der Waals surface area contributed by atoms with Crippen molar-refractivity contribution in [3.8, 4) is 0 Å². The molecule has 0 aromatic heterocycles. The lowest BCUT2D eigenvalue weighted by molar-refractivity contribution is 0.0782. The third-order valence-electron chi connectivity index (χ3n) is 3.34. The molecule has 1 unspecified atom stereocenters. The van der Waals surface area contributed by atoms with Crippen LogP contribution in [0.25, 0.3) is 0 Å². The highest BCUT2D eigenvalue weighted by Gasteiger charge is 2.28. The third-order valence-corrected chi connectivity index (χ3v) is 4.27. The van der Waals surface area contributed by atoms with Gasteiger partial charge in [-0.2, -0.15) is 0 Å². The second kappa shape index (κ2) is 5.59. The van der Waals surface area contributed by atoms with Crippen molar-refractivity contribution in [3.05, 3.63) is 33.3 Å². The maximum atomic E-state index is 12.4. The summed E-state index contributed by atoms with van der Waals surface area (Å²) < 4.78 is 0.796. The van der Waals surface area contributed by atoms with Gasteiger partial charge >= 0.3 is 0 Å². The van der Waals surface area contributed by atoms with Crippen LogP contribution in [0.5, 0.6) is 0 Å². The van der Waals surface area contributed by atoms with Crippen LogP contribution in [0.1, 0.15) is 16.8 Å². The first-order chi connectivity index (χ1) is 8.49. The molecule has 1 amide bonds. The van der Waals surface area contributed by atoms with Gasteiger partial charge in [-0.15, -0.1) is 0 Å². The first-order valence-electron chi connectivity index (χ1n) is 5.90. The summed E-state index contributed by atoms with van der Waals surface area (Å²) in [5.41, 5.74) is 0.641. The maximum Gasteiger partial charge on any atom is 0.255 e. The fourth-order valence-corrected chi connectivity index (χ4v) is 2.77. The van der Waals surface area contributed by atoms with Crippen molar-refractivity contribution in [1.29, 1.82) is 0 Å². The second-order valence-corrected chi connectivity index (χ2v) is 6.07. The van der Waals surface area contributed by atoms with Crippen LogP contribution >= 0.6 is 27.5 Å². The van der Waals surface area contributed by atoms with Crippen LogP contribution in [0.15, 0.2) is 22.7 Å². The third kappa shape index (κ3) is 2.87. The molecular weight excluding hydrogens is 316 g/mol. The number of benzene rings is 1. The fourth-order valence-electron chi connectivity index (χ4n) is 2.18. The number of amides is 1. The van der Waals surface area contributed by atoms with Crippen molar-refractivity contribution in [2.24, 2.45) is 0 Å². The predicted molar refractivity (Wildman–Crippen MR) is 77.1 cm³/mol. The average molecular weight is 332 g/mol. The number of carbonyl (C=O) groups excluding carboxylic acids is 1. The SMILES string of the molecule is CN(C)C1CCN(C(=O)c2cc(Cl)ccc2Br)C1. The molecule has 18 heavy (non-hydrogen) atoms. The lowest BCUT2D eigenvalue weighted by atomic mass is 10.2. The summed E-state index contributed by atoms with van der Waals surface area (Å²) in [6, 6.07) is 5.76. The smallest absolute Gasteiger partial charge is 0.255 e. The van der Waals surface area contributed by atoms with E-state index in [-0.39, 0.29) is 5.91 Å². The Balaban J connectivity index is 2.15. The molecule has 1 atom stereocenters. The Bertz CT molecular complexity index is 464. The Morgan fingerprint density at radius 1 is 1.50 bits per heavy atom. The summed E-state index contributed by atoms with van der Waals surface area (Å²) in [6.07, 6.45) is 1.02. The van der Waals surface area contributed by atoms with Crippen LogP contribution in [-0.2, 0) is 0 Å². The summed E-state index contributed by atoms with van der Waals surface area (Å²) >= 11 is 9.35. The van der Waals surface area contributed by atoms with Gasteiger partial charge in [-0.25, -0.2) is 0 Å². The van der Waals surface area contributed by atoms with Gasteiger partial charge in [0.15, 0.2) is 0 Å². The van der Waals surface area contributed by atoms with E-state index >= 15 is 0 Å². The van der Waals surface area contributed by atoms with E-state index in [9.17, 15) is 4.79 Å². The molecule has 1 aliphatic rings. The van der Waals surface area contributed by atoms with Crippen LogP contribution in [-0.4, -0.2) is 48.9 Å². The van der Waals surface area contributed by atoms with Gasteiger partial charge in [-0.1, -0.05) is 11.6 Å². The number of carbonyl (C=O) groups is 1. The molecule has 0 radical (unpaired) electrons. The van der Waals surface area contributed by atoms with Gasteiger partial charge in [0.25, 0.3) is 5.91 Å². The zero-order valence-corrected chi connectivity index (χ0v) is 12.8. The molecule has 2 rings (SSSR count). The number of rotatable bonds is 2. The van der Waals surface area contributed by atoms with E-state index in [2.05, 4.69) is 20.8 Å². The van der Waals surface area contributed by atoms with Crippen LogP contribution in [0, 0.1) is 0 Å². The molecule has 0 aliphatic carbocycles. The fraction of sp³-hybridized carbons (Fsp3) is 0.462. The van der Waals surface area contributed by atoms with Crippen LogP contribution in [0.4, 0.5) is 0 Å². The minimum absolute atomic E-state index is 0.0497. The predicted octanol–water partition coefficient (Wildman–Crippen LogP) is 2.88. The van der Waals surface area contributed by atoms with E-state index < -0.39 is 0 Å². The monoisotopic (exact) mass is 330 g/mol. The zero-order chi connectivity index (χ0) is 13.3. The number of likely N-dealkylation sites (N-methyl/N-ethyl adjacent to an activating group) is 1. The van der Waals surface area contributed by atoms with Crippen LogP contribution in [0.3, 0.4) is 0 Å². The van der Waals surface area contributed by atoms with Crippen molar-refractivity contribution >= 4 is 33.4 Å². The van der Waals surface area contributed by atoms with Crippen molar-refractivity contribution in [2.75, 3.05) is 27.2 Å². The molecule has 98 valence electrons. The normalized spacial score (nSPS) is 19.6. The molecule has 1 heterocycles. The Hall–Kier alpha value is -0.580. The Kier molecular flexibility index (Phi) is 4.30. The van der Waals surface area contributed by atoms with Gasteiger partial charge in [0, 0.05) is 28.6 Å². The number of hydrogen-bond acceptors (Lipinski definition) is 2. The summed E-state index contributed by atoms with van der Waals surface area (Å²) in [5.74, 6) is 0.0497. The lowest BCUT2D eigenvalue weighted by Crippen LogP contribution is -2.34. The minimum atomic E-state index is 0.0497. The van der Waals surface area contributed by atoms with E-state index in [0.29, 0.717) is 16.6 Å². The van der Waals surface area contributed by atoms with E-state index in [4.69, 9.17) is 11.6 Å². The van der Waals surface area contributed by atoms with Crippen LogP contribution in [0.2, 0.25) is 5.02 Å². The highest BCUT2D eigenvalue weighted by atomic mass is 79.9. The van der Waals surface area contributed by atoms with E-state index in [1.807, 2.05) is 25.1 Å². The average Bonchev–Trinajstić information content (AvgIpc) is 2.81. The number of likely N-dealkylation sites (tertiary alicyclic amines) is 1. The quantitative estimate of drug-likeness (QED) is 0.832. The molecule has 0 spiro atoms. The highest BCUT2D eigenvalue weighted by molar-refractivity contribution is 9.10. The summed E-state index contributed by atoms with van der Waals surface area (Å²) in [6.45, 7) is 1.59. The number of hydrogen-bond donors (Lipinski definition) is 0. The minimum Gasteiger partial charge on any atom is -0.337 e. The lowest BCUT2D eigenvalue weighted by Gasteiger charge is -2.20. The molecule has 0 saturated carbocycles. The summed E-state index contributed by atoms with van der Waals surface area (Å²) in [5, 5.41) is 0.588. The zero-order valence-electron chi connectivity index (χ0n) is 10.5. The molecular formula is C13H16BrClN2O. The van der Waals surface area contributed by atoms with Gasteiger partial charge in [0.05, 0.1) is 5.56 Å². The van der Waals surface area contributed by atoms with Crippen molar-refractivity contribution in [1.82, 2.24) is 9.80 Å². The summed E-state index contributed by atoms with van der Waals surface area (Å²) in [4.78, 5) is 16.5. The van der Waals surface area contributed by atoms with Gasteiger partial charge in [-0.3, -0.25) is 4.79 Å². The molecule has 0 bridgehead atoms. The standard InChI is InChI=1S/C13H16BrClN2O/c1-16(2)10-5-6-17(8-10)13(18)11-7-9(15)3-4-12(11)14/h3-4,7,10H,5-6,8H2,1-2H3.